The third-order valence-corrected chi connectivity index (χ3v) is 2.00. The summed E-state index contributed by atoms with van der Waals surface area (Å²) < 4.78 is 4.78. The van der Waals surface area contributed by atoms with Crippen LogP contribution in [0.15, 0.2) is 0 Å². The predicted octanol–water partition coefficient (Wildman–Crippen LogP) is -1.31. The van der Waals surface area contributed by atoms with Gasteiger partial charge < -0.3 is 24.9 Å². The van der Waals surface area contributed by atoms with E-state index in [0.717, 1.165) is 0 Å². The third kappa shape index (κ3) is 2.73. The minimum Gasteiger partial charge on any atom is -0.391 e. The first kappa shape index (κ1) is 12.5. The highest BCUT2D eigenvalue weighted by Gasteiger charge is 2.41. The van der Waals surface area contributed by atoms with Crippen molar-refractivity contribution in [2.75, 3.05) is 7.11 Å². The van der Waals surface area contributed by atoms with Gasteiger partial charge in [0.15, 0.2) is 6.29 Å². The molecule has 0 spiro atoms. The SMILES string of the molecule is CO[C@@H]([C@H](C)O)[C@@](C)(O)[C@@H](O)C=O. The number of carbonyl (C=O) groups is 1. The second-order valence-electron chi connectivity index (χ2n) is 3.20. The smallest absolute Gasteiger partial charge is 0.151 e. The van der Waals surface area contributed by atoms with E-state index in [1.807, 2.05) is 0 Å². The monoisotopic (exact) mass is 192 g/mol. The lowest BCUT2D eigenvalue weighted by Gasteiger charge is -2.35. The van der Waals surface area contributed by atoms with Gasteiger partial charge in [-0.15, -0.1) is 0 Å². The molecule has 0 aromatic heterocycles. The van der Waals surface area contributed by atoms with E-state index in [-0.39, 0.29) is 6.29 Å². The van der Waals surface area contributed by atoms with Crippen LogP contribution in [0.25, 0.3) is 0 Å². The normalized spacial score (nSPS) is 22.9. The highest BCUT2D eigenvalue weighted by Crippen LogP contribution is 2.19. The molecule has 4 atom stereocenters. The Morgan fingerprint density at radius 3 is 2.15 bits per heavy atom. The van der Waals surface area contributed by atoms with E-state index in [2.05, 4.69) is 0 Å². The number of ether oxygens (including phenoxy) is 1. The van der Waals surface area contributed by atoms with Crippen molar-refractivity contribution in [3.8, 4) is 0 Å². The van der Waals surface area contributed by atoms with Crippen LogP contribution in [0, 0.1) is 0 Å². The van der Waals surface area contributed by atoms with Crippen molar-refractivity contribution in [2.45, 2.75) is 37.8 Å². The number of rotatable bonds is 5. The minimum absolute atomic E-state index is 0.203. The van der Waals surface area contributed by atoms with Gasteiger partial charge in [0.05, 0.1) is 6.10 Å². The first-order chi connectivity index (χ1) is 5.87. The Morgan fingerprint density at radius 1 is 1.46 bits per heavy atom. The fraction of sp³-hybridized carbons (Fsp3) is 0.875. The van der Waals surface area contributed by atoms with Gasteiger partial charge in [-0.05, 0) is 13.8 Å². The molecule has 0 saturated heterocycles. The molecule has 0 aromatic carbocycles. The minimum atomic E-state index is -1.79. The van der Waals surface area contributed by atoms with Gasteiger partial charge in [0.1, 0.15) is 17.8 Å². The number of methoxy groups -OCH3 is 1. The average Bonchev–Trinajstić information content (AvgIpc) is 2.02. The van der Waals surface area contributed by atoms with Gasteiger partial charge in [-0.25, -0.2) is 0 Å². The van der Waals surface area contributed by atoms with E-state index >= 15 is 0 Å². The van der Waals surface area contributed by atoms with Gasteiger partial charge in [0, 0.05) is 7.11 Å². The summed E-state index contributed by atoms with van der Waals surface area (Å²) in [6.07, 6.45) is -3.36. The molecule has 0 fully saturated rings. The van der Waals surface area contributed by atoms with Gasteiger partial charge in [-0.2, -0.15) is 0 Å². The number of aliphatic hydroxyl groups is 3. The quantitative estimate of drug-likeness (QED) is 0.471. The molecule has 0 aliphatic carbocycles. The van der Waals surface area contributed by atoms with Gasteiger partial charge in [0.25, 0.3) is 0 Å². The molecule has 0 aromatic rings. The van der Waals surface area contributed by atoms with Crippen molar-refractivity contribution < 1.29 is 24.9 Å². The standard InChI is InChI=1S/C8H16O5/c1-5(10)7(13-3)8(2,12)6(11)4-9/h4-7,10-12H,1-3H3/t5-,6-,7-,8-/m0/s1. The van der Waals surface area contributed by atoms with Crippen LogP contribution in [0.1, 0.15) is 13.8 Å². The molecular formula is C8H16O5. The topological polar surface area (TPSA) is 87.0 Å². The zero-order valence-corrected chi connectivity index (χ0v) is 7.97. The molecule has 0 bridgehead atoms. The molecule has 0 saturated carbocycles. The van der Waals surface area contributed by atoms with Crippen molar-refractivity contribution in [3.05, 3.63) is 0 Å². The molecular weight excluding hydrogens is 176 g/mol. The maximum absolute atomic E-state index is 10.2. The fourth-order valence-electron chi connectivity index (χ4n) is 1.23. The lowest BCUT2D eigenvalue weighted by atomic mass is 9.90. The van der Waals surface area contributed by atoms with Crippen LogP contribution in [0.2, 0.25) is 0 Å². The highest BCUT2D eigenvalue weighted by atomic mass is 16.5. The maximum Gasteiger partial charge on any atom is 0.151 e. The summed E-state index contributed by atoms with van der Waals surface area (Å²) >= 11 is 0. The van der Waals surface area contributed by atoms with E-state index in [9.17, 15) is 15.0 Å². The summed E-state index contributed by atoms with van der Waals surface area (Å²) in [7, 11) is 1.28. The molecule has 5 heteroatoms. The third-order valence-electron chi connectivity index (χ3n) is 2.00. The fourth-order valence-corrected chi connectivity index (χ4v) is 1.23. The maximum atomic E-state index is 10.2. The first-order valence-corrected chi connectivity index (χ1v) is 3.94. The largest absolute Gasteiger partial charge is 0.391 e. The Hall–Kier alpha value is -0.490. The lowest BCUT2D eigenvalue weighted by molar-refractivity contribution is -0.175. The van der Waals surface area contributed by atoms with Crippen LogP contribution >= 0.6 is 0 Å². The number of aldehydes is 1. The number of aliphatic hydroxyl groups excluding tert-OH is 2. The van der Waals surface area contributed by atoms with Gasteiger partial charge in [-0.1, -0.05) is 0 Å². The second-order valence-corrected chi connectivity index (χ2v) is 3.20. The van der Waals surface area contributed by atoms with E-state index in [1.165, 1.54) is 21.0 Å². The molecule has 13 heavy (non-hydrogen) atoms. The van der Waals surface area contributed by atoms with Crippen LogP contribution in [0.5, 0.6) is 0 Å². The highest BCUT2D eigenvalue weighted by molar-refractivity contribution is 5.58. The molecule has 5 nitrogen and oxygen atoms in total. The number of hydrogen-bond acceptors (Lipinski definition) is 5. The molecule has 3 N–H and O–H groups in total. The number of carbonyl (C=O) groups excluding carboxylic acids is 1. The molecule has 78 valence electrons. The van der Waals surface area contributed by atoms with Crippen molar-refractivity contribution in [2.24, 2.45) is 0 Å². The van der Waals surface area contributed by atoms with Crippen LogP contribution < -0.4 is 0 Å². The van der Waals surface area contributed by atoms with Crippen molar-refractivity contribution in [3.63, 3.8) is 0 Å². The van der Waals surface area contributed by atoms with E-state index < -0.39 is 23.9 Å². The van der Waals surface area contributed by atoms with Crippen LogP contribution in [0.3, 0.4) is 0 Å². The van der Waals surface area contributed by atoms with Crippen molar-refractivity contribution in [1.29, 1.82) is 0 Å². The molecule has 0 radical (unpaired) electrons. The summed E-state index contributed by atoms with van der Waals surface area (Å²) in [5, 5.41) is 28.0. The summed E-state index contributed by atoms with van der Waals surface area (Å²) in [5.74, 6) is 0. The van der Waals surface area contributed by atoms with Crippen LogP contribution in [-0.4, -0.2) is 52.6 Å². The molecule has 0 unspecified atom stereocenters. The molecule has 0 aliphatic heterocycles. The molecule has 0 rings (SSSR count). The predicted molar refractivity (Wildman–Crippen MR) is 45.2 cm³/mol. The lowest BCUT2D eigenvalue weighted by Crippen LogP contribution is -2.55. The Kier molecular flexibility index (Phi) is 4.49. The zero-order chi connectivity index (χ0) is 10.6. The summed E-state index contributed by atoms with van der Waals surface area (Å²) in [4.78, 5) is 10.2. The molecule has 0 amide bonds. The number of hydrogen-bond donors (Lipinski definition) is 3. The van der Waals surface area contributed by atoms with Crippen molar-refractivity contribution >= 4 is 6.29 Å². The Bertz CT molecular complexity index is 166. The molecule has 0 aliphatic rings. The Labute approximate surface area is 77.0 Å². The van der Waals surface area contributed by atoms with Crippen LogP contribution in [-0.2, 0) is 9.53 Å². The van der Waals surface area contributed by atoms with Crippen molar-refractivity contribution in [1.82, 2.24) is 0 Å². The average molecular weight is 192 g/mol. The Balaban J connectivity index is 4.65. The molecule has 0 heterocycles. The van der Waals surface area contributed by atoms with E-state index in [1.54, 1.807) is 0 Å². The van der Waals surface area contributed by atoms with Gasteiger partial charge in [0.2, 0.25) is 0 Å². The Morgan fingerprint density at radius 2 is 1.92 bits per heavy atom. The summed E-state index contributed by atoms with van der Waals surface area (Å²) in [6.45, 7) is 2.63. The van der Waals surface area contributed by atoms with E-state index in [4.69, 9.17) is 9.84 Å². The van der Waals surface area contributed by atoms with Gasteiger partial charge >= 0.3 is 0 Å². The van der Waals surface area contributed by atoms with Crippen LogP contribution in [0.4, 0.5) is 0 Å². The first-order valence-electron chi connectivity index (χ1n) is 3.94. The van der Waals surface area contributed by atoms with Gasteiger partial charge in [-0.3, -0.25) is 0 Å². The van der Waals surface area contributed by atoms with E-state index in [0.29, 0.717) is 0 Å². The summed E-state index contributed by atoms with van der Waals surface area (Å²) in [5.41, 5.74) is -1.79. The summed E-state index contributed by atoms with van der Waals surface area (Å²) in [6, 6.07) is 0. The zero-order valence-electron chi connectivity index (χ0n) is 7.97. The second kappa shape index (κ2) is 4.66.